The molecule has 1 saturated carbocycles. The van der Waals surface area contributed by atoms with Crippen LogP contribution in [0.1, 0.15) is 25.7 Å². The summed E-state index contributed by atoms with van der Waals surface area (Å²) in [5.74, 6) is -3.65. The topological polar surface area (TPSA) is 29.1 Å². The summed E-state index contributed by atoms with van der Waals surface area (Å²) >= 11 is 0. The maximum Gasteiger partial charge on any atom is 0.251 e. The van der Waals surface area contributed by atoms with Crippen LogP contribution in [0.4, 0.5) is 8.78 Å². The molecular formula is C8H13F2NO. The van der Waals surface area contributed by atoms with Crippen molar-refractivity contribution in [2.75, 3.05) is 7.05 Å². The van der Waals surface area contributed by atoms with Gasteiger partial charge in [-0.25, -0.2) is 8.78 Å². The Hall–Kier alpha value is -0.670. The predicted molar refractivity (Wildman–Crippen MR) is 41.0 cm³/mol. The minimum atomic E-state index is -2.62. The fourth-order valence-corrected chi connectivity index (χ4v) is 1.58. The molecule has 0 spiro atoms. The highest BCUT2D eigenvalue weighted by Gasteiger charge is 2.44. The third-order valence-electron chi connectivity index (χ3n) is 2.37. The van der Waals surface area contributed by atoms with E-state index in [1.807, 2.05) is 0 Å². The Bertz CT molecular complexity index is 182. The van der Waals surface area contributed by atoms with E-state index in [2.05, 4.69) is 5.32 Å². The van der Waals surface area contributed by atoms with Crippen LogP contribution in [0.15, 0.2) is 0 Å². The third kappa shape index (κ3) is 1.93. The molecule has 1 rings (SSSR count). The predicted octanol–water partition coefficient (Wildman–Crippen LogP) is 1.56. The number of rotatable bonds is 2. The molecule has 1 unspecified atom stereocenters. The van der Waals surface area contributed by atoms with E-state index in [0.717, 1.165) is 0 Å². The first kappa shape index (κ1) is 9.42. The number of halogens is 2. The van der Waals surface area contributed by atoms with Crippen LogP contribution in [0.25, 0.3) is 0 Å². The van der Waals surface area contributed by atoms with Crippen LogP contribution in [-0.4, -0.2) is 18.9 Å². The fourth-order valence-electron chi connectivity index (χ4n) is 1.58. The molecule has 1 amide bonds. The Labute approximate surface area is 70.3 Å². The lowest BCUT2D eigenvalue weighted by atomic mass is 10.0. The molecule has 1 atom stereocenters. The number of amides is 1. The Morgan fingerprint density at radius 3 is 2.75 bits per heavy atom. The zero-order valence-electron chi connectivity index (χ0n) is 7.07. The molecule has 2 nitrogen and oxygen atoms in total. The van der Waals surface area contributed by atoms with Gasteiger partial charge in [0.05, 0.1) is 0 Å². The van der Waals surface area contributed by atoms with Crippen LogP contribution in [0.2, 0.25) is 0 Å². The van der Waals surface area contributed by atoms with Gasteiger partial charge in [0, 0.05) is 25.8 Å². The Kier molecular flexibility index (Phi) is 2.65. The maximum atomic E-state index is 12.9. The van der Waals surface area contributed by atoms with Crippen molar-refractivity contribution < 1.29 is 13.6 Å². The maximum absolute atomic E-state index is 12.9. The summed E-state index contributed by atoms with van der Waals surface area (Å²) in [7, 11) is 1.47. The summed E-state index contributed by atoms with van der Waals surface area (Å²) in [6.07, 6.45) is 0.910. The average Bonchev–Trinajstić information content (AvgIpc) is 2.31. The minimum Gasteiger partial charge on any atom is -0.359 e. The van der Waals surface area contributed by atoms with Gasteiger partial charge in [-0.1, -0.05) is 0 Å². The average molecular weight is 177 g/mol. The molecule has 1 N–H and O–H groups in total. The van der Waals surface area contributed by atoms with Crippen molar-refractivity contribution >= 4 is 5.91 Å². The second kappa shape index (κ2) is 3.37. The molecule has 0 radical (unpaired) electrons. The van der Waals surface area contributed by atoms with Crippen LogP contribution in [-0.2, 0) is 4.79 Å². The van der Waals surface area contributed by atoms with Crippen LogP contribution >= 0.6 is 0 Å². The van der Waals surface area contributed by atoms with Gasteiger partial charge < -0.3 is 5.32 Å². The Morgan fingerprint density at radius 1 is 1.67 bits per heavy atom. The second-order valence-corrected chi connectivity index (χ2v) is 3.23. The van der Waals surface area contributed by atoms with Gasteiger partial charge in [0.1, 0.15) is 0 Å². The van der Waals surface area contributed by atoms with Crippen LogP contribution in [0.3, 0.4) is 0 Å². The summed E-state index contributed by atoms with van der Waals surface area (Å²) < 4.78 is 25.9. The lowest BCUT2D eigenvalue weighted by molar-refractivity contribution is -0.125. The molecular weight excluding hydrogens is 164 g/mol. The number of carbonyl (C=O) groups excluding carboxylic acids is 1. The normalized spacial score (nSPS) is 27.1. The number of nitrogens with one attached hydrogen (secondary N) is 1. The van der Waals surface area contributed by atoms with E-state index < -0.39 is 11.8 Å². The van der Waals surface area contributed by atoms with Gasteiger partial charge in [-0.05, 0) is 12.8 Å². The molecule has 0 bridgehead atoms. The molecule has 0 aliphatic heterocycles. The minimum absolute atomic E-state index is 0.0382. The highest BCUT2D eigenvalue weighted by atomic mass is 19.3. The van der Waals surface area contributed by atoms with Crippen molar-refractivity contribution in [3.8, 4) is 0 Å². The lowest BCUT2D eigenvalue weighted by Crippen LogP contribution is -2.28. The first-order chi connectivity index (χ1) is 5.56. The quantitative estimate of drug-likeness (QED) is 0.681. The van der Waals surface area contributed by atoms with E-state index in [-0.39, 0.29) is 18.7 Å². The van der Waals surface area contributed by atoms with Gasteiger partial charge >= 0.3 is 0 Å². The highest BCUT2D eigenvalue weighted by Crippen LogP contribution is 2.41. The molecule has 0 aromatic rings. The Morgan fingerprint density at radius 2 is 2.33 bits per heavy atom. The highest BCUT2D eigenvalue weighted by molar-refractivity contribution is 5.75. The van der Waals surface area contributed by atoms with Crippen molar-refractivity contribution in [3.05, 3.63) is 0 Å². The van der Waals surface area contributed by atoms with Gasteiger partial charge in [0.25, 0.3) is 5.92 Å². The zero-order valence-corrected chi connectivity index (χ0v) is 7.07. The van der Waals surface area contributed by atoms with Crippen molar-refractivity contribution in [2.45, 2.75) is 31.6 Å². The summed E-state index contributed by atoms with van der Waals surface area (Å²) in [6.45, 7) is 0. The number of carbonyl (C=O) groups is 1. The fraction of sp³-hybridized carbons (Fsp3) is 0.875. The first-order valence-corrected chi connectivity index (χ1v) is 4.14. The SMILES string of the molecule is CNC(=O)CC1CCCC1(F)F. The van der Waals surface area contributed by atoms with E-state index in [1.165, 1.54) is 7.05 Å². The molecule has 0 aromatic heterocycles. The molecule has 4 heteroatoms. The van der Waals surface area contributed by atoms with Gasteiger partial charge in [-0.2, -0.15) is 0 Å². The summed E-state index contributed by atoms with van der Waals surface area (Å²) in [6, 6.07) is 0. The molecule has 1 aliphatic carbocycles. The molecule has 0 aromatic carbocycles. The largest absolute Gasteiger partial charge is 0.359 e. The standard InChI is InChI=1S/C8H13F2NO/c1-11-7(12)5-6-3-2-4-8(6,9)10/h6H,2-5H2,1H3,(H,11,12). The van der Waals surface area contributed by atoms with Crippen molar-refractivity contribution in [3.63, 3.8) is 0 Å². The molecule has 1 aliphatic rings. The van der Waals surface area contributed by atoms with Crippen molar-refractivity contribution in [1.82, 2.24) is 5.32 Å². The van der Waals surface area contributed by atoms with E-state index in [4.69, 9.17) is 0 Å². The van der Waals surface area contributed by atoms with Gasteiger partial charge in [0.2, 0.25) is 5.91 Å². The van der Waals surface area contributed by atoms with Crippen molar-refractivity contribution in [1.29, 1.82) is 0 Å². The van der Waals surface area contributed by atoms with E-state index in [1.54, 1.807) is 0 Å². The third-order valence-corrected chi connectivity index (χ3v) is 2.37. The second-order valence-electron chi connectivity index (χ2n) is 3.23. The smallest absolute Gasteiger partial charge is 0.251 e. The van der Waals surface area contributed by atoms with E-state index in [9.17, 15) is 13.6 Å². The summed E-state index contributed by atoms with van der Waals surface area (Å²) in [5, 5.41) is 2.36. The zero-order chi connectivity index (χ0) is 9.19. The van der Waals surface area contributed by atoms with E-state index >= 15 is 0 Å². The summed E-state index contributed by atoms with van der Waals surface area (Å²) in [4.78, 5) is 10.8. The van der Waals surface area contributed by atoms with Gasteiger partial charge in [-0.3, -0.25) is 4.79 Å². The van der Waals surface area contributed by atoms with Gasteiger partial charge in [0.15, 0.2) is 0 Å². The monoisotopic (exact) mass is 177 g/mol. The van der Waals surface area contributed by atoms with Gasteiger partial charge in [-0.15, -0.1) is 0 Å². The molecule has 70 valence electrons. The van der Waals surface area contributed by atoms with Crippen LogP contribution in [0, 0.1) is 5.92 Å². The number of alkyl halides is 2. The number of hydrogen-bond acceptors (Lipinski definition) is 1. The number of hydrogen-bond donors (Lipinski definition) is 1. The van der Waals surface area contributed by atoms with E-state index in [0.29, 0.717) is 12.8 Å². The van der Waals surface area contributed by atoms with Crippen LogP contribution in [0.5, 0.6) is 0 Å². The van der Waals surface area contributed by atoms with Crippen LogP contribution < -0.4 is 5.32 Å². The first-order valence-electron chi connectivity index (χ1n) is 4.14. The lowest BCUT2D eigenvalue weighted by Gasteiger charge is -2.17. The summed E-state index contributed by atoms with van der Waals surface area (Å²) in [5.41, 5.74) is 0. The molecule has 1 fully saturated rings. The molecule has 0 saturated heterocycles. The Balaban J connectivity index is 2.47. The molecule has 12 heavy (non-hydrogen) atoms. The molecule has 0 heterocycles. The van der Waals surface area contributed by atoms with Crippen molar-refractivity contribution in [2.24, 2.45) is 5.92 Å².